The fourth-order valence-electron chi connectivity index (χ4n) is 3.64. The molecule has 0 radical (unpaired) electrons. The van der Waals surface area contributed by atoms with Crippen molar-refractivity contribution in [2.24, 2.45) is 0 Å². The van der Waals surface area contributed by atoms with E-state index >= 15 is 0 Å². The third kappa shape index (κ3) is 2.00. The fraction of sp³-hybridized carbons (Fsp3) is 0.250. The molecule has 0 N–H and O–H groups in total. The number of hydrogen-bond donors (Lipinski definition) is 0. The highest BCUT2D eigenvalue weighted by atomic mass is 16.6. The van der Waals surface area contributed by atoms with Gasteiger partial charge in [0.05, 0.1) is 12.9 Å². The summed E-state index contributed by atoms with van der Waals surface area (Å²) in [4.78, 5) is 12.5. The Labute approximate surface area is 135 Å². The lowest BCUT2D eigenvalue weighted by atomic mass is 9.86. The van der Waals surface area contributed by atoms with Crippen LogP contribution in [0.2, 0.25) is 0 Å². The molecule has 2 aliphatic rings. The molecule has 1 saturated heterocycles. The first-order valence-electron chi connectivity index (χ1n) is 7.93. The average molecular weight is 306 g/mol. The summed E-state index contributed by atoms with van der Waals surface area (Å²) in [5.41, 5.74) is 4.84. The monoisotopic (exact) mass is 306 g/mol. The van der Waals surface area contributed by atoms with E-state index in [1.807, 2.05) is 19.1 Å². The minimum atomic E-state index is -1.01. The van der Waals surface area contributed by atoms with Crippen LogP contribution < -0.4 is 0 Å². The van der Waals surface area contributed by atoms with Crippen molar-refractivity contribution in [3.63, 3.8) is 0 Å². The first-order chi connectivity index (χ1) is 11.3. The van der Waals surface area contributed by atoms with E-state index in [1.54, 1.807) is 12.3 Å². The normalized spacial score (nSPS) is 22.0. The van der Waals surface area contributed by atoms with Crippen molar-refractivity contribution in [3.05, 3.63) is 71.5 Å². The van der Waals surface area contributed by atoms with Crippen molar-refractivity contribution in [1.29, 1.82) is 0 Å². The van der Waals surface area contributed by atoms with Crippen LogP contribution in [0.3, 0.4) is 0 Å². The van der Waals surface area contributed by atoms with Crippen LogP contribution in [0.5, 0.6) is 0 Å². The van der Waals surface area contributed by atoms with E-state index in [0.717, 1.165) is 12.0 Å². The van der Waals surface area contributed by atoms with Crippen LogP contribution in [-0.2, 0) is 26.3 Å². The summed E-state index contributed by atoms with van der Waals surface area (Å²) in [5, 5.41) is 0. The van der Waals surface area contributed by atoms with Crippen LogP contribution in [0.4, 0.5) is 0 Å². The SMILES string of the molecule is CC=CO[C@@]1(c2cccc3c2Cc2ccccc2-3)CCOC1=O. The summed E-state index contributed by atoms with van der Waals surface area (Å²) in [5.74, 6) is -0.292. The van der Waals surface area contributed by atoms with Crippen molar-refractivity contribution < 1.29 is 14.3 Å². The number of fused-ring (bicyclic) bond motifs is 3. The van der Waals surface area contributed by atoms with E-state index in [9.17, 15) is 4.79 Å². The number of carbonyl (C=O) groups is 1. The van der Waals surface area contributed by atoms with Gasteiger partial charge in [-0.25, -0.2) is 4.79 Å². The molecule has 23 heavy (non-hydrogen) atoms. The Bertz CT molecular complexity index is 806. The maximum Gasteiger partial charge on any atom is 0.355 e. The first kappa shape index (κ1) is 14.1. The molecule has 2 aromatic carbocycles. The minimum Gasteiger partial charge on any atom is -0.479 e. The number of benzene rings is 2. The molecule has 2 aromatic rings. The van der Waals surface area contributed by atoms with Crippen LogP contribution in [0.25, 0.3) is 11.1 Å². The van der Waals surface area contributed by atoms with E-state index in [2.05, 4.69) is 30.3 Å². The molecule has 0 unspecified atom stereocenters. The Morgan fingerprint density at radius 1 is 1.13 bits per heavy atom. The van der Waals surface area contributed by atoms with Crippen LogP contribution in [0.1, 0.15) is 30.0 Å². The molecule has 0 saturated carbocycles. The molecule has 3 heteroatoms. The number of allylic oxidation sites excluding steroid dienone is 1. The average Bonchev–Trinajstić information content (AvgIpc) is 3.14. The lowest BCUT2D eigenvalue weighted by Gasteiger charge is -2.27. The van der Waals surface area contributed by atoms with E-state index in [1.165, 1.54) is 22.3 Å². The van der Waals surface area contributed by atoms with Gasteiger partial charge in [-0.3, -0.25) is 0 Å². The third-order valence-electron chi connectivity index (χ3n) is 4.71. The topological polar surface area (TPSA) is 35.5 Å². The largest absolute Gasteiger partial charge is 0.479 e. The number of cyclic esters (lactones) is 1. The van der Waals surface area contributed by atoms with E-state index in [-0.39, 0.29) is 5.97 Å². The second-order valence-electron chi connectivity index (χ2n) is 5.97. The van der Waals surface area contributed by atoms with Crippen molar-refractivity contribution in [2.75, 3.05) is 6.61 Å². The molecule has 116 valence electrons. The van der Waals surface area contributed by atoms with Crippen molar-refractivity contribution >= 4 is 5.97 Å². The first-order valence-corrected chi connectivity index (χ1v) is 7.93. The van der Waals surface area contributed by atoms with Gasteiger partial charge in [-0.15, -0.1) is 0 Å². The molecular formula is C20H18O3. The zero-order valence-electron chi connectivity index (χ0n) is 13.0. The van der Waals surface area contributed by atoms with Crippen molar-refractivity contribution in [2.45, 2.75) is 25.4 Å². The quantitative estimate of drug-likeness (QED) is 0.543. The third-order valence-corrected chi connectivity index (χ3v) is 4.71. The fourth-order valence-corrected chi connectivity index (χ4v) is 3.64. The molecule has 4 rings (SSSR count). The zero-order chi connectivity index (χ0) is 15.9. The van der Waals surface area contributed by atoms with Gasteiger partial charge >= 0.3 is 5.97 Å². The second kappa shape index (κ2) is 5.27. The summed E-state index contributed by atoms with van der Waals surface area (Å²) >= 11 is 0. The molecule has 0 spiro atoms. The van der Waals surface area contributed by atoms with E-state index in [0.29, 0.717) is 13.0 Å². The van der Waals surface area contributed by atoms with Gasteiger partial charge in [0.2, 0.25) is 5.60 Å². The molecule has 1 heterocycles. The van der Waals surface area contributed by atoms with E-state index < -0.39 is 5.60 Å². The smallest absolute Gasteiger partial charge is 0.355 e. The number of carbonyl (C=O) groups excluding carboxylic acids is 1. The molecule has 1 aliphatic heterocycles. The van der Waals surface area contributed by atoms with E-state index in [4.69, 9.17) is 9.47 Å². The van der Waals surface area contributed by atoms with Gasteiger partial charge in [0, 0.05) is 12.0 Å². The van der Waals surface area contributed by atoms with Gasteiger partial charge in [0.15, 0.2) is 0 Å². The van der Waals surface area contributed by atoms with Crippen LogP contribution in [0, 0.1) is 0 Å². The minimum absolute atomic E-state index is 0.292. The molecule has 3 nitrogen and oxygen atoms in total. The van der Waals surface area contributed by atoms with Crippen LogP contribution in [-0.4, -0.2) is 12.6 Å². The predicted octanol–water partition coefficient (Wildman–Crippen LogP) is 3.95. The Balaban J connectivity index is 1.89. The predicted molar refractivity (Wildman–Crippen MR) is 87.8 cm³/mol. The highest BCUT2D eigenvalue weighted by Gasteiger charge is 2.50. The maximum atomic E-state index is 12.5. The molecular weight excluding hydrogens is 288 g/mol. The molecule has 0 amide bonds. The second-order valence-corrected chi connectivity index (χ2v) is 5.97. The lowest BCUT2D eigenvalue weighted by molar-refractivity contribution is -0.154. The Hall–Kier alpha value is -2.55. The van der Waals surface area contributed by atoms with Gasteiger partial charge in [0.25, 0.3) is 0 Å². The van der Waals surface area contributed by atoms with Crippen molar-refractivity contribution in [1.82, 2.24) is 0 Å². The Kier molecular flexibility index (Phi) is 3.22. The number of ether oxygens (including phenoxy) is 2. The van der Waals surface area contributed by atoms with Gasteiger partial charge < -0.3 is 9.47 Å². The highest BCUT2D eigenvalue weighted by molar-refractivity contribution is 5.87. The molecule has 0 bridgehead atoms. The highest BCUT2D eigenvalue weighted by Crippen LogP contribution is 2.45. The summed E-state index contributed by atoms with van der Waals surface area (Å²) < 4.78 is 11.2. The molecule has 0 aromatic heterocycles. The Morgan fingerprint density at radius 2 is 1.96 bits per heavy atom. The lowest BCUT2D eigenvalue weighted by Crippen LogP contribution is -2.34. The van der Waals surface area contributed by atoms with Crippen molar-refractivity contribution in [3.8, 4) is 11.1 Å². The molecule has 1 fully saturated rings. The summed E-state index contributed by atoms with van der Waals surface area (Å²) in [6.45, 7) is 2.27. The number of esters is 1. The summed E-state index contributed by atoms with van der Waals surface area (Å²) in [6, 6.07) is 14.5. The van der Waals surface area contributed by atoms with Gasteiger partial charge in [0.1, 0.15) is 0 Å². The van der Waals surface area contributed by atoms with Gasteiger partial charge in [-0.05, 0) is 35.6 Å². The van der Waals surface area contributed by atoms with Crippen LogP contribution in [0.15, 0.2) is 54.8 Å². The summed E-state index contributed by atoms with van der Waals surface area (Å²) in [7, 11) is 0. The zero-order valence-corrected chi connectivity index (χ0v) is 13.0. The Morgan fingerprint density at radius 3 is 2.74 bits per heavy atom. The van der Waals surface area contributed by atoms with Crippen LogP contribution >= 0.6 is 0 Å². The molecule has 1 atom stereocenters. The maximum absolute atomic E-state index is 12.5. The standard InChI is InChI=1S/C20H18O3/c1-2-11-23-20(10-12-22-19(20)21)18-9-5-8-16-15-7-4-3-6-14(15)13-17(16)18/h2-9,11H,10,12-13H2,1H3/t20-/m1/s1. The number of rotatable bonds is 3. The van der Waals surface area contributed by atoms with Gasteiger partial charge in [-0.2, -0.15) is 0 Å². The summed E-state index contributed by atoms with van der Waals surface area (Å²) in [6.07, 6.45) is 4.76. The molecule has 1 aliphatic carbocycles. The number of hydrogen-bond acceptors (Lipinski definition) is 3. The van der Waals surface area contributed by atoms with Gasteiger partial charge in [-0.1, -0.05) is 48.5 Å².